The lowest BCUT2D eigenvalue weighted by Crippen LogP contribution is -2.04. The Kier molecular flexibility index (Phi) is 5.22. The van der Waals surface area contributed by atoms with E-state index >= 15 is 0 Å². The third-order valence-corrected chi connectivity index (χ3v) is 3.40. The SMILES string of the molecule is COCCc1nc(C(C)C)c(CCN)s1. The van der Waals surface area contributed by atoms with Crippen LogP contribution in [0, 0.1) is 0 Å². The van der Waals surface area contributed by atoms with Gasteiger partial charge in [-0.25, -0.2) is 4.98 Å². The Balaban J connectivity index is 2.78. The molecule has 0 radical (unpaired) electrons. The molecule has 0 unspecified atom stereocenters. The minimum absolute atomic E-state index is 0.485. The average Bonchev–Trinajstić information content (AvgIpc) is 2.59. The summed E-state index contributed by atoms with van der Waals surface area (Å²) >= 11 is 1.78. The fraction of sp³-hybridized carbons (Fsp3) is 0.727. The summed E-state index contributed by atoms with van der Waals surface area (Å²) in [5.41, 5.74) is 6.81. The highest BCUT2D eigenvalue weighted by Gasteiger charge is 2.13. The van der Waals surface area contributed by atoms with Crippen molar-refractivity contribution in [3.8, 4) is 0 Å². The van der Waals surface area contributed by atoms with Crippen molar-refractivity contribution in [1.29, 1.82) is 0 Å². The van der Waals surface area contributed by atoms with Gasteiger partial charge in [0.1, 0.15) is 0 Å². The molecule has 0 saturated carbocycles. The van der Waals surface area contributed by atoms with E-state index in [0.717, 1.165) is 19.4 Å². The van der Waals surface area contributed by atoms with Crippen LogP contribution in [-0.2, 0) is 17.6 Å². The Morgan fingerprint density at radius 1 is 1.40 bits per heavy atom. The molecular formula is C11H20N2OS. The topological polar surface area (TPSA) is 48.1 Å². The highest BCUT2D eigenvalue weighted by Crippen LogP contribution is 2.25. The molecule has 0 saturated heterocycles. The van der Waals surface area contributed by atoms with Gasteiger partial charge in [0.25, 0.3) is 0 Å². The molecule has 0 aliphatic rings. The predicted molar refractivity (Wildman–Crippen MR) is 64.5 cm³/mol. The molecule has 2 N–H and O–H groups in total. The van der Waals surface area contributed by atoms with Gasteiger partial charge in [0.05, 0.1) is 17.3 Å². The number of nitrogens with two attached hydrogens (primary N) is 1. The third kappa shape index (κ3) is 3.55. The van der Waals surface area contributed by atoms with E-state index in [-0.39, 0.29) is 0 Å². The van der Waals surface area contributed by atoms with Crippen LogP contribution in [0.4, 0.5) is 0 Å². The van der Waals surface area contributed by atoms with Crippen molar-refractivity contribution in [2.45, 2.75) is 32.6 Å². The summed E-state index contributed by atoms with van der Waals surface area (Å²) in [5.74, 6) is 0.485. The van der Waals surface area contributed by atoms with E-state index in [1.54, 1.807) is 18.4 Å². The lowest BCUT2D eigenvalue weighted by molar-refractivity contribution is 0.202. The van der Waals surface area contributed by atoms with Crippen LogP contribution < -0.4 is 5.73 Å². The molecule has 3 nitrogen and oxygen atoms in total. The van der Waals surface area contributed by atoms with Gasteiger partial charge >= 0.3 is 0 Å². The maximum absolute atomic E-state index is 5.59. The summed E-state index contributed by atoms with van der Waals surface area (Å²) in [6.45, 7) is 5.79. The van der Waals surface area contributed by atoms with Crippen molar-refractivity contribution < 1.29 is 4.74 Å². The zero-order chi connectivity index (χ0) is 11.3. The molecule has 0 aliphatic carbocycles. The first-order valence-electron chi connectivity index (χ1n) is 5.36. The summed E-state index contributed by atoms with van der Waals surface area (Å²) < 4.78 is 5.06. The minimum Gasteiger partial charge on any atom is -0.384 e. The van der Waals surface area contributed by atoms with Gasteiger partial charge in [0, 0.05) is 18.4 Å². The van der Waals surface area contributed by atoms with Gasteiger partial charge < -0.3 is 10.5 Å². The van der Waals surface area contributed by atoms with Crippen LogP contribution in [-0.4, -0.2) is 25.2 Å². The van der Waals surface area contributed by atoms with Crippen LogP contribution in [0.3, 0.4) is 0 Å². The lowest BCUT2D eigenvalue weighted by atomic mass is 10.1. The smallest absolute Gasteiger partial charge is 0.0954 e. The second kappa shape index (κ2) is 6.20. The van der Waals surface area contributed by atoms with E-state index in [4.69, 9.17) is 10.5 Å². The van der Waals surface area contributed by atoms with Crippen molar-refractivity contribution in [2.75, 3.05) is 20.3 Å². The van der Waals surface area contributed by atoms with Crippen molar-refractivity contribution in [1.82, 2.24) is 4.98 Å². The van der Waals surface area contributed by atoms with Crippen LogP contribution in [0.1, 0.15) is 35.3 Å². The highest BCUT2D eigenvalue weighted by molar-refractivity contribution is 7.11. The molecule has 0 aliphatic heterocycles. The van der Waals surface area contributed by atoms with E-state index in [9.17, 15) is 0 Å². The summed E-state index contributed by atoms with van der Waals surface area (Å²) in [7, 11) is 1.72. The molecule has 0 aromatic carbocycles. The molecule has 0 amide bonds. The fourth-order valence-electron chi connectivity index (χ4n) is 1.47. The van der Waals surface area contributed by atoms with Crippen molar-refractivity contribution in [2.24, 2.45) is 5.73 Å². The fourth-order valence-corrected chi connectivity index (χ4v) is 2.69. The standard InChI is InChI=1S/C11H20N2OS/c1-8(2)11-9(4-6-12)15-10(13-11)5-7-14-3/h8H,4-7,12H2,1-3H3. The Labute approximate surface area is 95.7 Å². The number of methoxy groups -OCH3 is 1. The third-order valence-electron chi connectivity index (χ3n) is 2.21. The van der Waals surface area contributed by atoms with Gasteiger partial charge in [-0.3, -0.25) is 0 Å². The number of rotatable bonds is 6. The number of ether oxygens (including phenoxy) is 1. The van der Waals surface area contributed by atoms with E-state index < -0.39 is 0 Å². The molecule has 1 rings (SSSR count). The average molecular weight is 228 g/mol. The van der Waals surface area contributed by atoms with E-state index in [1.807, 2.05) is 0 Å². The quantitative estimate of drug-likeness (QED) is 0.809. The maximum atomic E-state index is 5.59. The molecule has 0 spiro atoms. The lowest BCUT2D eigenvalue weighted by Gasteiger charge is -2.02. The molecule has 4 heteroatoms. The van der Waals surface area contributed by atoms with Gasteiger partial charge in [-0.05, 0) is 18.9 Å². The second-order valence-electron chi connectivity index (χ2n) is 3.85. The zero-order valence-electron chi connectivity index (χ0n) is 9.75. The van der Waals surface area contributed by atoms with Crippen molar-refractivity contribution >= 4 is 11.3 Å². The Bertz CT molecular complexity index is 297. The summed E-state index contributed by atoms with van der Waals surface area (Å²) in [6.07, 6.45) is 1.85. The first-order chi connectivity index (χ1) is 7.19. The van der Waals surface area contributed by atoms with Crippen LogP contribution in [0.2, 0.25) is 0 Å². The summed E-state index contributed by atoms with van der Waals surface area (Å²) in [6, 6.07) is 0. The molecule has 0 bridgehead atoms. The molecular weight excluding hydrogens is 208 g/mol. The number of aromatic nitrogens is 1. The van der Waals surface area contributed by atoms with Gasteiger partial charge in [-0.2, -0.15) is 0 Å². The van der Waals surface area contributed by atoms with Gasteiger partial charge in [0.15, 0.2) is 0 Å². The molecule has 1 heterocycles. The normalized spacial score (nSPS) is 11.3. The van der Waals surface area contributed by atoms with Gasteiger partial charge in [-0.15, -0.1) is 11.3 Å². The second-order valence-corrected chi connectivity index (χ2v) is 5.02. The monoisotopic (exact) mass is 228 g/mol. The van der Waals surface area contributed by atoms with Gasteiger partial charge in [-0.1, -0.05) is 13.8 Å². The van der Waals surface area contributed by atoms with Crippen LogP contribution in [0.25, 0.3) is 0 Å². The van der Waals surface area contributed by atoms with E-state index in [1.165, 1.54) is 15.6 Å². The van der Waals surface area contributed by atoms with Gasteiger partial charge in [0.2, 0.25) is 0 Å². The van der Waals surface area contributed by atoms with E-state index in [0.29, 0.717) is 12.5 Å². The maximum Gasteiger partial charge on any atom is 0.0954 e. The first kappa shape index (κ1) is 12.6. The molecule has 86 valence electrons. The summed E-state index contributed by atoms with van der Waals surface area (Å²) in [5, 5.41) is 1.17. The largest absolute Gasteiger partial charge is 0.384 e. The Morgan fingerprint density at radius 2 is 2.13 bits per heavy atom. The number of hydrogen-bond acceptors (Lipinski definition) is 4. The minimum atomic E-state index is 0.485. The van der Waals surface area contributed by atoms with Crippen molar-refractivity contribution in [3.05, 3.63) is 15.6 Å². The number of thiazole rings is 1. The van der Waals surface area contributed by atoms with Crippen LogP contribution in [0.5, 0.6) is 0 Å². The van der Waals surface area contributed by atoms with E-state index in [2.05, 4.69) is 18.8 Å². The highest BCUT2D eigenvalue weighted by atomic mass is 32.1. The zero-order valence-corrected chi connectivity index (χ0v) is 10.6. The molecule has 0 fully saturated rings. The Morgan fingerprint density at radius 3 is 2.67 bits per heavy atom. The molecule has 0 atom stereocenters. The van der Waals surface area contributed by atoms with Crippen LogP contribution in [0.15, 0.2) is 0 Å². The Hall–Kier alpha value is -0.450. The van der Waals surface area contributed by atoms with Crippen molar-refractivity contribution in [3.63, 3.8) is 0 Å². The molecule has 15 heavy (non-hydrogen) atoms. The number of hydrogen-bond donors (Lipinski definition) is 1. The summed E-state index contributed by atoms with van der Waals surface area (Å²) in [4.78, 5) is 5.99. The first-order valence-corrected chi connectivity index (χ1v) is 6.18. The molecule has 1 aromatic rings. The molecule has 1 aromatic heterocycles. The number of nitrogens with zero attached hydrogens (tertiary/aromatic N) is 1. The predicted octanol–water partition coefficient (Wildman–Crippen LogP) is 1.96. The van der Waals surface area contributed by atoms with Crippen LogP contribution >= 0.6 is 11.3 Å².